The van der Waals surface area contributed by atoms with Crippen molar-refractivity contribution in [3.63, 3.8) is 0 Å². The maximum absolute atomic E-state index is 14.1. The second-order valence-electron chi connectivity index (χ2n) is 5.51. The molecule has 0 fully saturated rings. The summed E-state index contributed by atoms with van der Waals surface area (Å²) in [6, 6.07) is 12.0. The normalized spacial score (nSPS) is 11.5. The Morgan fingerprint density at radius 3 is 2.56 bits per heavy atom. The molecule has 0 spiro atoms. The predicted octanol–water partition coefficient (Wildman–Crippen LogP) is 4.13. The number of anilines is 1. The molecule has 0 aliphatic carbocycles. The van der Waals surface area contributed by atoms with Gasteiger partial charge in [0.25, 0.3) is 0 Å². The fourth-order valence-corrected chi connectivity index (χ4v) is 3.88. The van der Waals surface area contributed by atoms with Crippen LogP contribution in [0.1, 0.15) is 0 Å². The zero-order valence-electron chi connectivity index (χ0n) is 14.3. The Morgan fingerprint density at radius 2 is 1.89 bits per heavy atom. The summed E-state index contributed by atoms with van der Waals surface area (Å²) in [6.07, 6.45) is 0. The molecule has 1 aromatic heterocycles. The first-order valence-electron chi connectivity index (χ1n) is 7.92. The number of rotatable bonds is 7. The average molecular weight is 455 g/mol. The molecule has 0 saturated heterocycles. The zero-order valence-corrected chi connectivity index (χ0v) is 16.7. The van der Waals surface area contributed by atoms with Gasteiger partial charge in [-0.15, -0.1) is 0 Å². The molecule has 2 aromatic carbocycles. The van der Waals surface area contributed by atoms with Crippen LogP contribution in [0, 0.1) is 5.82 Å². The number of benzene rings is 2. The SMILES string of the molecule is COCCNc1oc(-c2ccccc2F)nc1S(=O)(=O)c1ccc(Br)cc1. The second-order valence-corrected chi connectivity index (χ2v) is 8.29. The van der Waals surface area contributed by atoms with Crippen LogP contribution < -0.4 is 5.32 Å². The van der Waals surface area contributed by atoms with Gasteiger partial charge in [-0.25, -0.2) is 12.8 Å². The number of halogens is 2. The van der Waals surface area contributed by atoms with Crippen molar-refractivity contribution in [2.45, 2.75) is 9.92 Å². The largest absolute Gasteiger partial charge is 0.419 e. The highest BCUT2D eigenvalue weighted by atomic mass is 79.9. The minimum atomic E-state index is -3.98. The summed E-state index contributed by atoms with van der Waals surface area (Å²) < 4.78 is 51.4. The van der Waals surface area contributed by atoms with Crippen LogP contribution in [0.5, 0.6) is 0 Å². The van der Waals surface area contributed by atoms with Crippen molar-refractivity contribution in [2.24, 2.45) is 0 Å². The summed E-state index contributed by atoms with van der Waals surface area (Å²) in [4.78, 5) is 4.13. The number of nitrogens with one attached hydrogen (secondary N) is 1. The van der Waals surface area contributed by atoms with Crippen molar-refractivity contribution >= 4 is 31.7 Å². The summed E-state index contributed by atoms with van der Waals surface area (Å²) in [6.45, 7) is 0.624. The van der Waals surface area contributed by atoms with E-state index in [9.17, 15) is 12.8 Å². The summed E-state index contributed by atoms with van der Waals surface area (Å²) in [7, 11) is -2.45. The minimum absolute atomic E-state index is 0.0499. The molecule has 0 amide bonds. The Balaban J connectivity index is 2.09. The number of methoxy groups -OCH3 is 1. The van der Waals surface area contributed by atoms with E-state index in [1.165, 1.54) is 37.4 Å². The van der Waals surface area contributed by atoms with Crippen LogP contribution in [0.3, 0.4) is 0 Å². The van der Waals surface area contributed by atoms with Crippen molar-refractivity contribution in [2.75, 3.05) is 25.6 Å². The first-order chi connectivity index (χ1) is 12.9. The van der Waals surface area contributed by atoms with Crippen LogP contribution in [0.2, 0.25) is 0 Å². The predicted molar refractivity (Wildman–Crippen MR) is 102 cm³/mol. The molecule has 142 valence electrons. The number of oxazole rings is 1. The Labute approximate surface area is 164 Å². The van der Waals surface area contributed by atoms with E-state index in [4.69, 9.17) is 9.15 Å². The standard InChI is InChI=1S/C18H16BrFN2O4S/c1-25-11-10-21-17-18(27(23,24)13-8-6-12(19)7-9-13)22-16(26-17)14-4-2-3-5-15(14)20/h2-9,21H,10-11H2,1H3. The molecule has 3 aromatic rings. The van der Waals surface area contributed by atoms with Crippen molar-refractivity contribution < 1.29 is 22.0 Å². The van der Waals surface area contributed by atoms with Crippen LogP contribution >= 0.6 is 15.9 Å². The monoisotopic (exact) mass is 454 g/mol. The van der Waals surface area contributed by atoms with Crippen LogP contribution in [-0.4, -0.2) is 33.7 Å². The number of sulfone groups is 1. The lowest BCUT2D eigenvalue weighted by molar-refractivity contribution is 0.210. The molecule has 0 radical (unpaired) electrons. The lowest BCUT2D eigenvalue weighted by Crippen LogP contribution is -2.11. The Kier molecular flexibility index (Phi) is 5.93. The molecule has 9 heteroatoms. The van der Waals surface area contributed by atoms with E-state index in [1.807, 2.05) is 0 Å². The van der Waals surface area contributed by atoms with E-state index in [0.717, 1.165) is 4.47 Å². The van der Waals surface area contributed by atoms with Gasteiger partial charge in [-0.2, -0.15) is 4.98 Å². The molecule has 1 heterocycles. The van der Waals surface area contributed by atoms with E-state index in [-0.39, 0.29) is 27.3 Å². The zero-order chi connectivity index (χ0) is 19.4. The highest BCUT2D eigenvalue weighted by Gasteiger charge is 2.29. The molecule has 0 unspecified atom stereocenters. The maximum Gasteiger partial charge on any atom is 0.233 e. The lowest BCUT2D eigenvalue weighted by Gasteiger charge is -2.05. The van der Waals surface area contributed by atoms with Gasteiger partial charge in [-0.3, -0.25) is 0 Å². The van der Waals surface area contributed by atoms with Gasteiger partial charge in [-0.05, 0) is 36.4 Å². The van der Waals surface area contributed by atoms with Gasteiger partial charge < -0.3 is 14.5 Å². The quantitative estimate of drug-likeness (QED) is 0.540. The number of hydrogen-bond donors (Lipinski definition) is 1. The van der Waals surface area contributed by atoms with E-state index in [1.54, 1.807) is 18.2 Å². The third-order valence-corrected chi connectivity index (χ3v) is 5.88. The average Bonchev–Trinajstić information content (AvgIpc) is 3.07. The van der Waals surface area contributed by atoms with Gasteiger partial charge in [0.05, 0.1) is 17.1 Å². The fourth-order valence-electron chi connectivity index (χ4n) is 2.34. The number of nitrogens with zero attached hydrogens (tertiary/aromatic N) is 1. The molecule has 0 aliphatic heterocycles. The molecular weight excluding hydrogens is 439 g/mol. The molecule has 1 N–H and O–H groups in total. The first kappa shape index (κ1) is 19.5. The van der Waals surface area contributed by atoms with Crippen molar-refractivity contribution in [1.82, 2.24) is 4.98 Å². The van der Waals surface area contributed by atoms with Gasteiger partial charge in [0.15, 0.2) is 0 Å². The molecule has 6 nitrogen and oxygen atoms in total. The molecule has 3 rings (SSSR count). The molecular formula is C18H16BrFN2O4S. The smallest absolute Gasteiger partial charge is 0.233 e. The van der Waals surface area contributed by atoms with Crippen LogP contribution in [0.25, 0.3) is 11.5 Å². The van der Waals surface area contributed by atoms with Crippen molar-refractivity contribution in [3.8, 4) is 11.5 Å². The van der Waals surface area contributed by atoms with Gasteiger partial charge in [0.1, 0.15) is 5.82 Å². The second kappa shape index (κ2) is 8.20. The van der Waals surface area contributed by atoms with Gasteiger partial charge >= 0.3 is 0 Å². The lowest BCUT2D eigenvalue weighted by atomic mass is 10.2. The molecule has 0 aliphatic rings. The highest BCUT2D eigenvalue weighted by Crippen LogP contribution is 2.33. The molecule has 0 saturated carbocycles. The summed E-state index contributed by atoms with van der Waals surface area (Å²) in [5.41, 5.74) is 0.0737. The fraction of sp³-hybridized carbons (Fsp3) is 0.167. The minimum Gasteiger partial charge on any atom is -0.419 e. The number of hydrogen-bond acceptors (Lipinski definition) is 6. The number of ether oxygens (including phenoxy) is 1. The maximum atomic E-state index is 14.1. The van der Waals surface area contributed by atoms with Crippen molar-refractivity contribution in [1.29, 1.82) is 0 Å². The summed E-state index contributed by atoms with van der Waals surface area (Å²) in [5, 5.41) is 2.54. The van der Waals surface area contributed by atoms with Crippen LogP contribution in [0.15, 0.2) is 67.3 Å². The van der Waals surface area contributed by atoms with Crippen LogP contribution in [-0.2, 0) is 14.6 Å². The molecule has 27 heavy (non-hydrogen) atoms. The highest BCUT2D eigenvalue weighted by molar-refractivity contribution is 9.10. The Bertz CT molecular complexity index is 1040. The summed E-state index contributed by atoms with van der Waals surface area (Å²) in [5.74, 6) is -0.744. The van der Waals surface area contributed by atoms with Gasteiger partial charge in [-0.1, -0.05) is 28.1 Å². The van der Waals surface area contributed by atoms with Gasteiger partial charge in [0.2, 0.25) is 26.6 Å². The molecule has 0 atom stereocenters. The summed E-state index contributed by atoms with van der Waals surface area (Å²) >= 11 is 3.27. The van der Waals surface area contributed by atoms with Gasteiger partial charge in [0, 0.05) is 18.1 Å². The third kappa shape index (κ3) is 4.20. The van der Waals surface area contributed by atoms with E-state index < -0.39 is 15.7 Å². The first-order valence-corrected chi connectivity index (χ1v) is 10.2. The molecule has 0 bridgehead atoms. The van der Waals surface area contributed by atoms with E-state index in [2.05, 4.69) is 26.2 Å². The van der Waals surface area contributed by atoms with E-state index in [0.29, 0.717) is 13.2 Å². The topological polar surface area (TPSA) is 81.4 Å². The Morgan fingerprint density at radius 1 is 1.19 bits per heavy atom. The Hall–Kier alpha value is -2.23. The third-order valence-electron chi connectivity index (χ3n) is 3.67. The van der Waals surface area contributed by atoms with E-state index >= 15 is 0 Å². The van der Waals surface area contributed by atoms with Crippen molar-refractivity contribution in [3.05, 3.63) is 58.8 Å². The van der Waals surface area contributed by atoms with Crippen LogP contribution in [0.4, 0.5) is 10.3 Å². The number of aromatic nitrogens is 1.